The maximum Gasteiger partial charge on any atom is 0.126 e. The SMILES string of the molecule is Nc1ncccc1CC(O)Cc1cccc(F)c1. The molecule has 1 aromatic carbocycles. The number of hydrogen-bond acceptors (Lipinski definition) is 3. The maximum atomic E-state index is 13.0. The van der Waals surface area contributed by atoms with Crippen molar-refractivity contribution >= 4 is 5.82 Å². The minimum absolute atomic E-state index is 0.291. The van der Waals surface area contributed by atoms with Crippen LogP contribution in [0.25, 0.3) is 0 Å². The Labute approximate surface area is 105 Å². The average molecular weight is 246 g/mol. The van der Waals surface area contributed by atoms with Crippen molar-refractivity contribution in [2.45, 2.75) is 18.9 Å². The van der Waals surface area contributed by atoms with Crippen LogP contribution in [0.15, 0.2) is 42.6 Å². The summed E-state index contributed by atoms with van der Waals surface area (Å²) in [5, 5.41) is 9.97. The molecule has 0 radical (unpaired) electrons. The molecule has 2 rings (SSSR count). The highest BCUT2D eigenvalue weighted by atomic mass is 19.1. The van der Waals surface area contributed by atoms with Crippen molar-refractivity contribution in [3.8, 4) is 0 Å². The normalized spacial score (nSPS) is 12.3. The summed E-state index contributed by atoms with van der Waals surface area (Å²) in [4.78, 5) is 3.96. The summed E-state index contributed by atoms with van der Waals surface area (Å²) in [6, 6.07) is 9.84. The van der Waals surface area contributed by atoms with Gasteiger partial charge in [0.25, 0.3) is 0 Å². The van der Waals surface area contributed by atoms with Crippen molar-refractivity contribution < 1.29 is 9.50 Å². The molecule has 0 saturated carbocycles. The lowest BCUT2D eigenvalue weighted by atomic mass is 10.0. The Morgan fingerprint density at radius 1 is 1.22 bits per heavy atom. The van der Waals surface area contributed by atoms with E-state index in [9.17, 15) is 9.50 Å². The van der Waals surface area contributed by atoms with Crippen LogP contribution in [0.4, 0.5) is 10.2 Å². The van der Waals surface area contributed by atoms with Gasteiger partial charge >= 0.3 is 0 Å². The van der Waals surface area contributed by atoms with Gasteiger partial charge in [-0.2, -0.15) is 0 Å². The molecule has 0 saturated heterocycles. The van der Waals surface area contributed by atoms with Crippen molar-refractivity contribution in [1.82, 2.24) is 4.98 Å². The van der Waals surface area contributed by atoms with E-state index in [4.69, 9.17) is 5.73 Å². The number of anilines is 1. The number of benzene rings is 1. The van der Waals surface area contributed by atoms with E-state index < -0.39 is 6.10 Å². The largest absolute Gasteiger partial charge is 0.392 e. The lowest BCUT2D eigenvalue weighted by Crippen LogP contribution is -2.15. The third-order valence-corrected chi connectivity index (χ3v) is 2.74. The molecule has 0 aliphatic carbocycles. The van der Waals surface area contributed by atoms with Crippen molar-refractivity contribution in [3.05, 3.63) is 59.5 Å². The highest BCUT2D eigenvalue weighted by Crippen LogP contribution is 2.13. The fourth-order valence-electron chi connectivity index (χ4n) is 1.89. The van der Waals surface area contributed by atoms with Gasteiger partial charge in [-0.25, -0.2) is 9.37 Å². The number of aliphatic hydroxyl groups excluding tert-OH is 1. The molecule has 1 unspecified atom stereocenters. The predicted octanol–water partition coefficient (Wildman–Crippen LogP) is 1.95. The molecule has 0 spiro atoms. The fourth-order valence-corrected chi connectivity index (χ4v) is 1.89. The van der Waals surface area contributed by atoms with Gasteiger partial charge in [0.1, 0.15) is 11.6 Å². The summed E-state index contributed by atoms with van der Waals surface area (Å²) in [7, 11) is 0. The third kappa shape index (κ3) is 3.28. The number of hydrogen-bond donors (Lipinski definition) is 2. The van der Waals surface area contributed by atoms with E-state index >= 15 is 0 Å². The zero-order valence-corrected chi connectivity index (χ0v) is 9.88. The number of aromatic nitrogens is 1. The molecule has 0 fully saturated rings. The Morgan fingerprint density at radius 2 is 2.06 bits per heavy atom. The molecule has 0 amide bonds. The predicted molar refractivity (Wildman–Crippen MR) is 68.5 cm³/mol. The van der Waals surface area contributed by atoms with Gasteiger partial charge in [0.2, 0.25) is 0 Å². The number of halogens is 1. The molecular formula is C14H15FN2O. The first kappa shape index (κ1) is 12.5. The Morgan fingerprint density at radius 3 is 2.78 bits per heavy atom. The van der Waals surface area contributed by atoms with Crippen molar-refractivity contribution in [3.63, 3.8) is 0 Å². The van der Waals surface area contributed by atoms with Crippen LogP contribution in [0.2, 0.25) is 0 Å². The summed E-state index contributed by atoms with van der Waals surface area (Å²) < 4.78 is 13.0. The first-order chi connectivity index (χ1) is 8.65. The average Bonchev–Trinajstić information content (AvgIpc) is 2.32. The molecule has 3 N–H and O–H groups in total. The molecule has 0 aliphatic heterocycles. The van der Waals surface area contributed by atoms with Crippen LogP contribution >= 0.6 is 0 Å². The van der Waals surface area contributed by atoms with Crippen molar-refractivity contribution in [1.29, 1.82) is 0 Å². The van der Waals surface area contributed by atoms with Crippen LogP contribution in [0.5, 0.6) is 0 Å². The number of nitrogens with two attached hydrogens (primary N) is 1. The standard InChI is InChI=1S/C14H15FN2O/c15-12-5-1-3-10(7-12)8-13(18)9-11-4-2-6-17-14(11)16/h1-7,13,18H,8-9H2,(H2,16,17). The van der Waals surface area contributed by atoms with Crippen molar-refractivity contribution in [2.75, 3.05) is 5.73 Å². The monoisotopic (exact) mass is 246 g/mol. The van der Waals surface area contributed by atoms with E-state index in [-0.39, 0.29) is 5.82 Å². The molecule has 18 heavy (non-hydrogen) atoms. The Hall–Kier alpha value is -1.94. The zero-order chi connectivity index (χ0) is 13.0. The van der Waals surface area contributed by atoms with Crippen LogP contribution in [0.3, 0.4) is 0 Å². The van der Waals surface area contributed by atoms with E-state index in [1.165, 1.54) is 12.1 Å². The second kappa shape index (κ2) is 5.60. The highest BCUT2D eigenvalue weighted by molar-refractivity contribution is 5.38. The van der Waals surface area contributed by atoms with Crippen LogP contribution in [-0.4, -0.2) is 16.2 Å². The summed E-state index contributed by atoms with van der Waals surface area (Å²) >= 11 is 0. The fraction of sp³-hybridized carbons (Fsp3) is 0.214. The minimum atomic E-state index is -0.599. The van der Waals surface area contributed by atoms with E-state index in [1.807, 2.05) is 6.07 Å². The topological polar surface area (TPSA) is 59.1 Å². The van der Waals surface area contributed by atoms with Gasteiger partial charge in [0.05, 0.1) is 6.10 Å². The Balaban J connectivity index is 2.01. The molecule has 1 heterocycles. The first-order valence-electron chi connectivity index (χ1n) is 5.77. The van der Waals surface area contributed by atoms with E-state index in [2.05, 4.69) is 4.98 Å². The summed E-state index contributed by atoms with van der Waals surface area (Å²) in [5.74, 6) is 0.136. The third-order valence-electron chi connectivity index (χ3n) is 2.74. The molecule has 3 nitrogen and oxygen atoms in total. The molecule has 0 aliphatic rings. The van der Waals surface area contributed by atoms with Gasteiger partial charge in [0, 0.05) is 12.6 Å². The number of pyridine rings is 1. The van der Waals surface area contributed by atoms with Gasteiger partial charge in [-0.1, -0.05) is 18.2 Å². The van der Waals surface area contributed by atoms with Gasteiger partial charge in [0.15, 0.2) is 0 Å². The molecule has 2 aromatic rings. The first-order valence-corrected chi connectivity index (χ1v) is 5.77. The molecule has 0 bridgehead atoms. The lowest BCUT2D eigenvalue weighted by Gasteiger charge is -2.11. The highest BCUT2D eigenvalue weighted by Gasteiger charge is 2.09. The Bertz CT molecular complexity index is 531. The van der Waals surface area contributed by atoms with Crippen molar-refractivity contribution in [2.24, 2.45) is 0 Å². The van der Waals surface area contributed by atoms with Crippen LogP contribution < -0.4 is 5.73 Å². The van der Waals surface area contributed by atoms with Crippen LogP contribution in [0, 0.1) is 5.82 Å². The van der Waals surface area contributed by atoms with E-state index in [0.29, 0.717) is 18.7 Å². The quantitative estimate of drug-likeness (QED) is 0.866. The Kier molecular flexibility index (Phi) is 3.89. The van der Waals surface area contributed by atoms with Crippen LogP contribution in [0.1, 0.15) is 11.1 Å². The number of aliphatic hydroxyl groups is 1. The smallest absolute Gasteiger partial charge is 0.126 e. The maximum absolute atomic E-state index is 13.0. The molecule has 94 valence electrons. The second-order valence-corrected chi connectivity index (χ2v) is 4.24. The summed E-state index contributed by atoms with van der Waals surface area (Å²) in [5.41, 5.74) is 7.28. The zero-order valence-electron chi connectivity index (χ0n) is 9.88. The number of nitrogen functional groups attached to an aromatic ring is 1. The molecular weight excluding hydrogens is 231 g/mol. The lowest BCUT2D eigenvalue weighted by molar-refractivity contribution is 0.175. The molecule has 4 heteroatoms. The minimum Gasteiger partial charge on any atom is -0.392 e. The van der Waals surface area contributed by atoms with Gasteiger partial charge < -0.3 is 10.8 Å². The number of nitrogens with zero attached hydrogens (tertiary/aromatic N) is 1. The number of rotatable bonds is 4. The van der Waals surface area contributed by atoms with Gasteiger partial charge in [-0.3, -0.25) is 0 Å². The molecule has 1 aromatic heterocycles. The van der Waals surface area contributed by atoms with E-state index in [1.54, 1.807) is 24.4 Å². The molecule has 1 atom stereocenters. The second-order valence-electron chi connectivity index (χ2n) is 4.24. The van der Waals surface area contributed by atoms with Crippen LogP contribution in [-0.2, 0) is 12.8 Å². The summed E-state index contributed by atoms with van der Waals surface area (Å²) in [6.45, 7) is 0. The van der Waals surface area contributed by atoms with E-state index in [0.717, 1.165) is 11.1 Å². The van der Waals surface area contributed by atoms with Gasteiger partial charge in [-0.15, -0.1) is 0 Å². The van der Waals surface area contributed by atoms with Gasteiger partial charge in [-0.05, 0) is 35.7 Å². The summed E-state index contributed by atoms with van der Waals surface area (Å²) in [6.07, 6.45) is 1.82.